The molecule has 0 aliphatic carbocycles. The molecule has 29 heavy (non-hydrogen) atoms. The molecule has 1 saturated heterocycles. The Balaban J connectivity index is 1.56. The number of aromatic nitrogens is 2. The zero-order chi connectivity index (χ0) is 20.1. The van der Waals surface area contributed by atoms with Crippen LogP contribution in [0.4, 0.5) is 20.2 Å². The van der Waals surface area contributed by atoms with Crippen LogP contribution in [0.5, 0.6) is 0 Å². The van der Waals surface area contributed by atoms with Crippen LogP contribution in [-0.2, 0) is 0 Å². The Bertz CT molecular complexity index is 1200. The van der Waals surface area contributed by atoms with Crippen molar-refractivity contribution in [3.8, 4) is 0 Å². The fraction of sp³-hybridized carbons (Fsp3) is 0.333. The SMILES string of the molecule is C[C@H]1[C@@H](c2cc3c(Nc4c(F)cc5scnc5c4F)ccnc3s2)CCCN1C. The summed E-state index contributed by atoms with van der Waals surface area (Å²) in [5.74, 6) is -0.841. The number of anilines is 2. The molecule has 4 heterocycles. The minimum atomic E-state index is -0.663. The predicted octanol–water partition coefficient (Wildman–Crippen LogP) is 6.13. The standard InChI is InChI=1S/C21H20F2N4S2/c1-11-12(4-3-7-27(11)2)16-8-13-15(5-6-24-21(13)29-16)26-19-14(22)9-17-20(18(19)23)25-10-28-17/h5-6,8-12H,3-4,7H2,1-2H3,(H,24,26)/t11-,12-/m0/s1. The summed E-state index contributed by atoms with van der Waals surface area (Å²) in [5.41, 5.74) is 2.19. The molecule has 1 aromatic carbocycles. The number of likely N-dealkylation sites (N-methyl/N-ethyl adjacent to an activating group) is 1. The number of rotatable bonds is 3. The number of nitrogens with zero attached hydrogens (tertiary/aromatic N) is 3. The van der Waals surface area contributed by atoms with Crippen molar-refractivity contribution < 1.29 is 8.78 Å². The monoisotopic (exact) mass is 430 g/mol. The molecule has 1 N–H and O–H groups in total. The molecular weight excluding hydrogens is 410 g/mol. The van der Waals surface area contributed by atoms with Crippen molar-refractivity contribution >= 4 is 54.5 Å². The van der Waals surface area contributed by atoms with Gasteiger partial charge >= 0.3 is 0 Å². The van der Waals surface area contributed by atoms with Crippen molar-refractivity contribution in [1.82, 2.24) is 14.9 Å². The first-order valence-electron chi connectivity index (χ1n) is 9.60. The van der Waals surface area contributed by atoms with Crippen LogP contribution in [-0.4, -0.2) is 34.5 Å². The van der Waals surface area contributed by atoms with Gasteiger partial charge in [0, 0.05) is 28.4 Å². The summed E-state index contributed by atoms with van der Waals surface area (Å²) in [6, 6.07) is 5.68. The summed E-state index contributed by atoms with van der Waals surface area (Å²) in [7, 11) is 2.16. The molecule has 150 valence electrons. The number of likely N-dealkylation sites (tertiary alicyclic amines) is 1. The van der Waals surface area contributed by atoms with Crippen LogP contribution in [0.3, 0.4) is 0 Å². The molecule has 0 radical (unpaired) electrons. The van der Waals surface area contributed by atoms with E-state index >= 15 is 0 Å². The lowest BCUT2D eigenvalue weighted by Crippen LogP contribution is -2.38. The molecular formula is C21H20F2N4S2. The maximum absolute atomic E-state index is 14.9. The Hall–Kier alpha value is -2.16. The van der Waals surface area contributed by atoms with Crippen molar-refractivity contribution in [2.45, 2.75) is 31.7 Å². The van der Waals surface area contributed by atoms with E-state index in [1.165, 1.54) is 34.2 Å². The van der Waals surface area contributed by atoms with Gasteiger partial charge in [0.1, 0.15) is 16.0 Å². The summed E-state index contributed by atoms with van der Waals surface area (Å²) in [4.78, 5) is 13.1. The second-order valence-corrected chi connectivity index (χ2v) is 9.52. The zero-order valence-corrected chi connectivity index (χ0v) is 17.7. The number of hydrogen-bond donors (Lipinski definition) is 1. The van der Waals surface area contributed by atoms with E-state index in [1.54, 1.807) is 23.6 Å². The van der Waals surface area contributed by atoms with Crippen molar-refractivity contribution in [3.05, 3.63) is 46.4 Å². The summed E-state index contributed by atoms with van der Waals surface area (Å²) in [5, 5.41) is 3.87. The smallest absolute Gasteiger partial charge is 0.176 e. The highest BCUT2D eigenvalue weighted by molar-refractivity contribution is 7.18. The average Bonchev–Trinajstić information content (AvgIpc) is 3.34. The molecule has 0 saturated carbocycles. The Morgan fingerprint density at radius 1 is 1.24 bits per heavy atom. The van der Waals surface area contributed by atoms with Crippen molar-refractivity contribution in [2.24, 2.45) is 0 Å². The molecule has 0 bridgehead atoms. The first-order valence-corrected chi connectivity index (χ1v) is 11.3. The second kappa shape index (κ2) is 7.27. The molecule has 1 fully saturated rings. The Morgan fingerprint density at radius 2 is 2.10 bits per heavy atom. The quantitative estimate of drug-likeness (QED) is 0.425. The van der Waals surface area contributed by atoms with E-state index in [4.69, 9.17) is 0 Å². The van der Waals surface area contributed by atoms with Crippen LogP contribution in [0.1, 0.15) is 30.6 Å². The molecule has 0 amide bonds. The van der Waals surface area contributed by atoms with Gasteiger partial charge in [-0.15, -0.1) is 22.7 Å². The van der Waals surface area contributed by atoms with E-state index in [2.05, 4.69) is 40.2 Å². The maximum Gasteiger partial charge on any atom is 0.176 e. The highest BCUT2D eigenvalue weighted by Gasteiger charge is 2.28. The Morgan fingerprint density at radius 3 is 2.97 bits per heavy atom. The van der Waals surface area contributed by atoms with E-state index in [9.17, 15) is 8.78 Å². The lowest BCUT2D eigenvalue weighted by molar-refractivity contribution is 0.176. The van der Waals surface area contributed by atoms with Gasteiger partial charge < -0.3 is 10.2 Å². The zero-order valence-electron chi connectivity index (χ0n) is 16.1. The van der Waals surface area contributed by atoms with E-state index in [0.717, 1.165) is 23.2 Å². The van der Waals surface area contributed by atoms with Crippen molar-refractivity contribution in [1.29, 1.82) is 0 Å². The van der Waals surface area contributed by atoms with E-state index in [1.807, 2.05) is 0 Å². The summed E-state index contributed by atoms with van der Waals surface area (Å²) >= 11 is 2.89. The van der Waals surface area contributed by atoms with Crippen LogP contribution in [0.2, 0.25) is 0 Å². The van der Waals surface area contributed by atoms with Gasteiger partial charge in [-0.2, -0.15) is 0 Å². The Labute approximate surface area is 175 Å². The number of thiazole rings is 1. The van der Waals surface area contributed by atoms with Crippen molar-refractivity contribution in [2.75, 3.05) is 18.9 Å². The number of pyridine rings is 1. The van der Waals surface area contributed by atoms with Crippen LogP contribution in [0.15, 0.2) is 29.9 Å². The van der Waals surface area contributed by atoms with Gasteiger partial charge in [-0.3, -0.25) is 0 Å². The number of thiophene rings is 1. The number of nitrogens with one attached hydrogen (secondary N) is 1. The van der Waals surface area contributed by atoms with Gasteiger partial charge in [0.05, 0.1) is 15.9 Å². The molecule has 1 aliphatic heterocycles. The summed E-state index contributed by atoms with van der Waals surface area (Å²) < 4.78 is 30.0. The first-order chi connectivity index (χ1) is 14.0. The normalized spacial score (nSPS) is 20.6. The van der Waals surface area contributed by atoms with Gasteiger partial charge in [-0.25, -0.2) is 18.7 Å². The summed E-state index contributed by atoms with van der Waals surface area (Å²) in [6.07, 6.45) is 3.99. The first kappa shape index (κ1) is 18.8. The lowest BCUT2D eigenvalue weighted by Gasteiger charge is -2.36. The van der Waals surface area contributed by atoms with E-state index in [-0.39, 0.29) is 11.2 Å². The minimum absolute atomic E-state index is 0.172. The highest BCUT2D eigenvalue weighted by Crippen LogP contribution is 2.41. The third kappa shape index (κ3) is 3.19. The Kier molecular flexibility index (Phi) is 4.72. The molecule has 2 atom stereocenters. The molecule has 8 heteroatoms. The number of halogens is 2. The predicted molar refractivity (Wildman–Crippen MR) is 117 cm³/mol. The lowest BCUT2D eigenvalue weighted by atomic mass is 9.89. The van der Waals surface area contributed by atoms with E-state index < -0.39 is 11.6 Å². The molecule has 1 aliphatic rings. The third-order valence-corrected chi connectivity index (χ3v) is 7.85. The van der Waals surface area contributed by atoms with Crippen LogP contribution in [0, 0.1) is 11.6 Å². The molecule has 0 spiro atoms. The molecule has 3 aromatic heterocycles. The van der Waals surface area contributed by atoms with Gasteiger partial charge in [-0.1, -0.05) is 0 Å². The minimum Gasteiger partial charge on any atom is -0.350 e. The van der Waals surface area contributed by atoms with E-state index in [0.29, 0.717) is 22.3 Å². The fourth-order valence-electron chi connectivity index (χ4n) is 4.12. The largest absolute Gasteiger partial charge is 0.350 e. The van der Waals surface area contributed by atoms with Gasteiger partial charge in [-0.05, 0) is 51.6 Å². The molecule has 4 aromatic rings. The molecule has 5 rings (SSSR count). The number of hydrogen-bond acceptors (Lipinski definition) is 6. The third-order valence-electron chi connectivity index (χ3n) is 5.90. The van der Waals surface area contributed by atoms with Crippen molar-refractivity contribution in [3.63, 3.8) is 0 Å². The topological polar surface area (TPSA) is 41.1 Å². The van der Waals surface area contributed by atoms with Gasteiger partial charge in [0.15, 0.2) is 11.6 Å². The number of benzene rings is 1. The number of fused-ring (bicyclic) bond motifs is 2. The average molecular weight is 431 g/mol. The number of piperidine rings is 1. The summed E-state index contributed by atoms with van der Waals surface area (Å²) in [6.45, 7) is 3.37. The molecule has 0 unspecified atom stereocenters. The van der Waals surface area contributed by atoms with Crippen LogP contribution >= 0.6 is 22.7 Å². The van der Waals surface area contributed by atoms with Gasteiger partial charge in [0.2, 0.25) is 0 Å². The highest BCUT2D eigenvalue weighted by atomic mass is 32.1. The van der Waals surface area contributed by atoms with Gasteiger partial charge in [0.25, 0.3) is 0 Å². The second-order valence-electron chi connectivity index (χ2n) is 7.57. The fourth-order valence-corrected chi connectivity index (χ4v) is 6.08. The maximum atomic E-state index is 14.9. The van der Waals surface area contributed by atoms with Crippen LogP contribution < -0.4 is 5.32 Å². The molecule has 4 nitrogen and oxygen atoms in total. The van der Waals surface area contributed by atoms with Crippen LogP contribution in [0.25, 0.3) is 20.4 Å².